The average molecular weight is 131 g/mol. The van der Waals surface area contributed by atoms with E-state index in [0.29, 0.717) is 0 Å². The van der Waals surface area contributed by atoms with Gasteiger partial charge < -0.3 is 0 Å². The molecule has 0 spiro atoms. The summed E-state index contributed by atoms with van der Waals surface area (Å²) in [6.45, 7) is 2.21. The smallest absolute Gasteiger partial charge is 0.0143 e. The monoisotopic (exact) mass is 130 g/mol. The van der Waals surface area contributed by atoms with E-state index in [1.807, 2.05) is 0 Å². The Morgan fingerprint density at radius 3 is 2.88 bits per heavy atom. The lowest BCUT2D eigenvalue weighted by molar-refractivity contribution is 0.579. The summed E-state index contributed by atoms with van der Waals surface area (Å²) in [5.74, 6) is 0.719. The van der Waals surface area contributed by atoms with Crippen molar-refractivity contribution in [3.05, 3.63) is 11.1 Å². The highest BCUT2D eigenvalue weighted by Gasteiger charge is 2.05. The lowest BCUT2D eigenvalue weighted by Crippen LogP contribution is -1.96. The van der Waals surface area contributed by atoms with Gasteiger partial charge in [0.1, 0.15) is 0 Å². The van der Waals surface area contributed by atoms with Crippen LogP contribution in [0.3, 0.4) is 0 Å². The van der Waals surface area contributed by atoms with E-state index in [2.05, 4.69) is 13.0 Å². The second-order valence-electron chi connectivity index (χ2n) is 2.48. The van der Waals surface area contributed by atoms with Gasteiger partial charge in [-0.25, -0.2) is 0 Å². The van der Waals surface area contributed by atoms with Crippen LogP contribution >= 0.6 is 11.6 Å². The first-order chi connectivity index (χ1) is 3.79. The van der Waals surface area contributed by atoms with E-state index in [4.69, 9.17) is 11.6 Å². The third kappa shape index (κ3) is 1.52. The number of allylic oxidation sites excluding steroid dienone is 2. The maximum absolute atomic E-state index is 5.77. The topological polar surface area (TPSA) is 0 Å². The first-order valence-corrected chi connectivity index (χ1v) is 3.53. The summed E-state index contributed by atoms with van der Waals surface area (Å²) >= 11 is 5.77. The largest absolute Gasteiger partial charge is 0.0895 e. The van der Waals surface area contributed by atoms with Crippen molar-refractivity contribution in [3.63, 3.8) is 0 Å². The first kappa shape index (κ1) is 6.15. The second-order valence-corrected chi connectivity index (χ2v) is 2.97. The maximum atomic E-state index is 5.77. The van der Waals surface area contributed by atoms with Crippen molar-refractivity contribution >= 4 is 11.6 Å². The highest BCUT2D eigenvalue weighted by Crippen LogP contribution is 2.24. The van der Waals surface area contributed by atoms with Gasteiger partial charge in [-0.1, -0.05) is 24.6 Å². The van der Waals surface area contributed by atoms with Gasteiger partial charge in [-0.15, -0.1) is 0 Å². The molecule has 0 aromatic rings. The molecule has 1 aliphatic rings. The number of hydrogen-bond donors (Lipinski definition) is 0. The zero-order valence-corrected chi connectivity index (χ0v) is 5.91. The van der Waals surface area contributed by atoms with Crippen molar-refractivity contribution in [2.45, 2.75) is 26.2 Å². The van der Waals surface area contributed by atoms with Gasteiger partial charge in [-0.3, -0.25) is 0 Å². The van der Waals surface area contributed by atoms with Crippen LogP contribution in [-0.2, 0) is 0 Å². The van der Waals surface area contributed by atoms with Crippen molar-refractivity contribution in [3.8, 4) is 0 Å². The van der Waals surface area contributed by atoms with Crippen LogP contribution in [0.15, 0.2) is 11.1 Å². The van der Waals surface area contributed by atoms with Gasteiger partial charge in [0.05, 0.1) is 0 Å². The minimum absolute atomic E-state index is 0.719. The van der Waals surface area contributed by atoms with E-state index >= 15 is 0 Å². The quantitative estimate of drug-likeness (QED) is 0.473. The molecule has 46 valence electrons. The molecule has 0 amide bonds. The fourth-order valence-electron chi connectivity index (χ4n) is 1.07. The Morgan fingerprint density at radius 1 is 1.75 bits per heavy atom. The van der Waals surface area contributed by atoms with Crippen LogP contribution in [0.2, 0.25) is 0 Å². The first-order valence-electron chi connectivity index (χ1n) is 3.15. The molecule has 1 atom stereocenters. The van der Waals surface area contributed by atoms with E-state index in [1.165, 1.54) is 12.8 Å². The second kappa shape index (κ2) is 2.54. The van der Waals surface area contributed by atoms with Crippen LogP contribution in [0.5, 0.6) is 0 Å². The fourth-order valence-corrected chi connectivity index (χ4v) is 1.42. The van der Waals surface area contributed by atoms with Gasteiger partial charge >= 0.3 is 0 Å². The molecular weight excluding hydrogens is 120 g/mol. The van der Waals surface area contributed by atoms with Crippen LogP contribution in [0.25, 0.3) is 0 Å². The molecule has 1 unspecified atom stereocenters. The molecule has 0 aromatic carbocycles. The predicted molar refractivity (Wildman–Crippen MR) is 37.0 cm³/mol. The molecule has 0 aromatic heterocycles. The zero-order valence-electron chi connectivity index (χ0n) is 5.15. The molecule has 0 aliphatic heterocycles. The van der Waals surface area contributed by atoms with Gasteiger partial charge in [-0.05, 0) is 25.2 Å². The summed E-state index contributed by atoms with van der Waals surface area (Å²) in [6.07, 6.45) is 5.85. The Bertz CT molecular complexity index is 105. The molecule has 0 heterocycles. The summed E-state index contributed by atoms with van der Waals surface area (Å²) < 4.78 is 0. The Morgan fingerprint density at radius 2 is 2.50 bits per heavy atom. The number of halogens is 1. The molecule has 0 saturated carbocycles. The lowest BCUT2D eigenvalue weighted by Gasteiger charge is -2.12. The minimum atomic E-state index is 0.719. The SMILES string of the molecule is CC1C=C(Cl)CCC1. The minimum Gasteiger partial charge on any atom is -0.0895 e. The van der Waals surface area contributed by atoms with Crippen LogP contribution < -0.4 is 0 Å². The molecule has 0 radical (unpaired) electrons. The molecule has 0 bridgehead atoms. The predicted octanol–water partition coefficient (Wildman–Crippen LogP) is 2.93. The standard InChI is InChI=1S/C7H11Cl/c1-6-3-2-4-7(8)5-6/h5-6H,2-4H2,1H3. The average Bonchev–Trinajstić information content (AvgIpc) is 1.64. The van der Waals surface area contributed by atoms with E-state index < -0.39 is 0 Å². The molecule has 0 fully saturated rings. The molecule has 1 heteroatoms. The summed E-state index contributed by atoms with van der Waals surface area (Å²) in [7, 11) is 0. The van der Waals surface area contributed by atoms with Crippen molar-refractivity contribution in [1.29, 1.82) is 0 Å². The van der Waals surface area contributed by atoms with Gasteiger partial charge in [0.25, 0.3) is 0 Å². The summed E-state index contributed by atoms with van der Waals surface area (Å²) in [4.78, 5) is 0. The fraction of sp³-hybridized carbons (Fsp3) is 0.714. The number of hydrogen-bond acceptors (Lipinski definition) is 0. The van der Waals surface area contributed by atoms with Gasteiger partial charge in [0.2, 0.25) is 0 Å². The molecular formula is C7H11Cl. The Balaban J connectivity index is 2.50. The third-order valence-electron chi connectivity index (χ3n) is 1.54. The highest BCUT2D eigenvalue weighted by atomic mass is 35.5. The Hall–Kier alpha value is 0.0300. The van der Waals surface area contributed by atoms with Crippen molar-refractivity contribution in [2.24, 2.45) is 5.92 Å². The molecule has 0 nitrogen and oxygen atoms in total. The van der Waals surface area contributed by atoms with Gasteiger partial charge in [-0.2, -0.15) is 0 Å². The van der Waals surface area contributed by atoms with Crippen LogP contribution in [0.4, 0.5) is 0 Å². The maximum Gasteiger partial charge on any atom is 0.0143 e. The molecule has 1 aliphatic carbocycles. The van der Waals surface area contributed by atoms with Crippen LogP contribution in [0.1, 0.15) is 26.2 Å². The highest BCUT2D eigenvalue weighted by molar-refractivity contribution is 6.29. The van der Waals surface area contributed by atoms with E-state index in [0.717, 1.165) is 17.4 Å². The number of rotatable bonds is 0. The Labute approximate surface area is 55.5 Å². The molecule has 8 heavy (non-hydrogen) atoms. The lowest BCUT2D eigenvalue weighted by atomic mass is 9.98. The van der Waals surface area contributed by atoms with Gasteiger partial charge in [0, 0.05) is 5.03 Å². The summed E-state index contributed by atoms with van der Waals surface area (Å²) in [6, 6.07) is 0. The van der Waals surface area contributed by atoms with Crippen molar-refractivity contribution in [1.82, 2.24) is 0 Å². The van der Waals surface area contributed by atoms with E-state index in [-0.39, 0.29) is 0 Å². The van der Waals surface area contributed by atoms with Crippen LogP contribution in [-0.4, -0.2) is 0 Å². The van der Waals surface area contributed by atoms with E-state index in [1.54, 1.807) is 0 Å². The summed E-state index contributed by atoms with van der Waals surface area (Å²) in [5, 5.41) is 1.06. The molecule has 1 rings (SSSR count). The molecule has 0 saturated heterocycles. The van der Waals surface area contributed by atoms with Crippen molar-refractivity contribution < 1.29 is 0 Å². The third-order valence-corrected chi connectivity index (χ3v) is 1.86. The Kier molecular flexibility index (Phi) is 1.95. The zero-order chi connectivity index (χ0) is 5.98. The van der Waals surface area contributed by atoms with Gasteiger partial charge in [0.15, 0.2) is 0 Å². The van der Waals surface area contributed by atoms with Crippen LogP contribution in [0, 0.1) is 5.92 Å². The van der Waals surface area contributed by atoms with E-state index in [9.17, 15) is 0 Å². The van der Waals surface area contributed by atoms with Crippen molar-refractivity contribution in [2.75, 3.05) is 0 Å². The molecule has 0 N–H and O–H groups in total. The summed E-state index contributed by atoms with van der Waals surface area (Å²) in [5.41, 5.74) is 0. The normalized spacial score (nSPS) is 29.8.